The zero-order valence-corrected chi connectivity index (χ0v) is 11.1. The van der Waals surface area contributed by atoms with E-state index in [0.29, 0.717) is 5.56 Å². The molecule has 0 heterocycles. The molecule has 3 rings (SSSR count). The maximum Gasteiger partial charge on any atom is 0.225 e. The number of hydrogen-bond acceptors (Lipinski definition) is 1. The van der Waals surface area contributed by atoms with Crippen molar-refractivity contribution in [1.29, 1.82) is 0 Å². The Bertz CT molecular complexity index is 620. The Kier molecular flexibility index (Phi) is 3.26. The van der Waals surface area contributed by atoms with E-state index in [2.05, 4.69) is 5.32 Å². The minimum atomic E-state index is -0.327. The fraction of sp³-hybridized carbons (Fsp3) is 0.235. The van der Waals surface area contributed by atoms with E-state index in [4.69, 9.17) is 0 Å². The van der Waals surface area contributed by atoms with Crippen LogP contribution in [-0.4, -0.2) is 5.91 Å². The number of halogens is 1. The molecule has 0 radical (unpaired) electrons. The zero-order valence-electron chi connectivity index (χ0n) is 11.1. The van der Waals surface area contributed by atoms with Crippen molar-refractivity contribution in [2.24, 2.45) is 0 Å². The van der Waals surface area contributed by atoms with Gasteiger partial charge in [0.2, 0.25) is 5.91 Å². The summed E-state index contributed by atoms with van der Waals surface area (Å²) in [5.41, 5.74) is 1.33. The second kappa shape index (κ2) is 5.08. The van der Waals surface area contributed by atoms with Crippen LogP contribution in [0, 0.1) is 5.82 Å². The van der Waals surface area contributed by atoms with E-state index in [9.17, 15) is 9.18 Å². The Balaban J connectivity index is 1.70. The van der Waals surface area contributed by atoms with Crippen LogP contribution in [0.15, 0.2) is 54.6 Å². The smallest absolute Gasteiger partial charge is 0.225 e. The number of rotatable bonds is 4. The number of nitrogens with one attached hydrogen (secondary N) is 1. The fourth-order valence-electron chi connectivity index (χ4n) is 2.49. The summed E-state index contributed by atoms with van der Waals surface area (Å²) in [7, 11) is 0. The summed E-state index contributed by atoms with van der Waals surface area (Å²) in [6.45, 7) is 0. The molecule has 2 aromatic rings. The lowest BCUT2D eigenvalue weighted by molar-refractivity contribution is -0.121. The summed E-state index contributed by atoms with van der Waals surface area (Å²) in [6.07, 6.45) is 1.97. The van der Waals surface area contributed by atoms with Gasteiger partial charge in [-0.3, -0.25) is 4.79 Å². The lowest BCUT2D eigenvalue weighted by Crippen LogP contribution is -2.36. The molecule has 0 saturated heterocycles. The average molecular weight is 269 g/mol. The van der Waals surface area contributed by atoms with E-state index in [1.54, 1.807) is 18.2 Å². The van der Waals surface area contributed by atoms with Crippen LogP contribution < -0.4 is 5.32 Å². The van der Waals surface area contributed by atoms with Gasteiger partial charge in [0.15, 0.2) is 0 Å². The van der Waals surface area contributed by atoms with Crippen LogP contribution in [-0.2, 0) is 16.8 Å². The molecular formula is C17H16FNO. The molecule has 1 saturated carbocycles. The summed E-state index contributed by atoms with van der Waals surface area (Å²) in [5.74, 6) is -0.455. The van der Waals surface area contributed by atoms with Crippen LogP contribution in [0.25, 0.3) is 0 Å². The first-order valence-corrected chi connectivity index (χ1v) is 6.80. The molecule has 3 heteroatoms. The molecule has 0 bridgehead atoms. The van der Waals surface area contributed by atoms with Crippen molar-refractivity contribution in [3.63, 3.8) is 0 Å². The molecule has 1 N–H and O–H groups in total. The molecule has 2 nitrogen and oxygen atoms in total. The fourth-order valence-corrected chi connectivity index (χ4v) is 2.49. The minimum absolute atomic E-state index is 0.0846. The number of carbonyl (C=O) groups is 1. The third kappa shape index (κ3) is 2.57. The Hall–Kier alpha value is -2.16. The summed E-state index contributed by atoms with van der Waals surface area (Å²) >= 11 is 0. The molecule has 0 unspecified atom stereocenters. The van der Waals surface area contributed by atoms with Crippen LogP contribution in [0.3, 0.4) is 0 Å². The Morgan fingerprint density at radius 3 is 2.35 bits per heavy atom. The molecule has 20 heavy (non-hydrogen) atoms. The maximum atomic E-state index is 13.5. The minimum Gasteiger partial charge on any atom is -0.346 e. The van der Waals surface area contributed by atoms with Gasteiger partial charge >= 0.3 is 0 Å². The number of carbonyl (C=O) groups excluding carboxylic acids is 1. The second-order valence-corrected chi connectivity index (χ2v) is 5.26. The molecule has 1 amide bonds. The summed E-state index contributed by atoms with van der Waals surface area (Å²) in [4.78, 5) is 12.1. The van der Waals surface area contributed by atoms with Gasteiger partial charge in [0, 0.05) is 0 Å². The molecule has 102 valence electrons. The molecule has 2 aromatic carbocycles. The van der Waals surface area contributed by atoms with Crippen molar-refractivity contribution in [1.82, 2.24) is 5.32 Å². The van der Waals surface area contributed by atoms with E-state index in [1.807, 2.05) is 30.3 Å². The molecule has 1 aliphatic carbocycles. The van der Waals surface area contributed by atoms with Crippen LogP contribution in [0.5, 0.6) is 0 Å². The van der Waals surface area contributed by atoms with E-state index < -0.39 is 0 Å². The normalized spacial score (nSPS) is 15.7. The second-order valence-electron chi connectivity index (χ2n) is 5.26. The Labute approximate surface area is 117 Å². The predicted octanol–water partition coefficient (Wildman–Crippen LogP) is 3.17. The van der Waals surface area contributed by atoms with E-state index in [-0.39, 0.29) is 23.7 Å². The quantitative estimate of drug-likeness (QED) is 0.907. The van der Waals surface area contributed by atoms with Crippen LogP contribution >= 0.6 is 0 Å². The highest BCUT2D eigenvalue weighted by Gasteiger charge is 2.45. The molecule has 0 atom stereocenters. The monoisotopic (exact) mass is 269 g/mol. The zero-order chi connectivity index (χ0) is 14.0. The highest BCUT2D eigenvalue weighted by atomic mass is 19.1. The van der Waals surface area contributed by atoms with Gasteiger partial charge in [0.05, 0.1) is 12.0 Å². The van der Waals surface area contributed by atoms with Crippen LogP contribution in [0.4, 0.5) is 4.39 Å². The van der Waals surface area contributed by atoms with Gasteiger partial charge in [-0.1, -0.05) is 48.5 Å². The Morgan fingerprint density at radius 2 is 1.70 bits per heavy atom. The van der Waals surface area contributed by atoms with Gasteiger partial charge in [-0.25, -0.2) is 4.39 Å². The van der Waals surface area contributed by atoms with Gasteiger partial charge in [-0.2, -0.15) is 0 Å². The van der Waals surface area contributed by atoms with Crippen molar-refractivity contribution in [2.45, 2.75) is 24.8 Å². The highest BCUT2D eigenvalue weighted by Crippen LogP contribution is 2.45. The molecule has 0 aliphatic heterocycles. The predicted molar refractivity (Wildman–Crippen MR) is 75.6 cm³/mol. The van der Waals surface area contributed by atoms with Crippen molar-refractivity contribution in [3.05, 3.63) is 71.5 Å². The standard InChI is InChI=1S/C17H16FNO/c18-15-9-5-4-6-13(15)12-16(20)19-17(10-11-17)14-7-2-1-3-8-14/h1-9H,10-12H2,(H,19,20). The van der Waals surface area contributed by atoms with Crippen LogP contribution in [0.2, 0.25) is 0 Å². The lowest BCUT2D eigenvalue weighted by atomic mass is 10.0. The summed E-state index contributed by atoms with van der Waals surface area (Å²) in [6, 6.07) is 16.4. The van der Waals surface area contributed by atoms with Crippen molar-refractivity contribution >= 4 is 5.91 Å². The van der Waals surface area contributed by atoms with E-state index in [0.717, 1.165) is 18.4 Å². The molecule has 1 aliphatic rings. The maximum absolute atomic E-state index is 13.5. The number of benzene rings is 2. The van der Waals surface area contributed by atoms with Crippen molar-refractivity contribution in [3.8, 4) is 0 Å². The summed E-state index contributed by atoms with van der Waals surface area (Å²) < 4.78 is 13.5. The lowest BCUT2D eigenvalue weighted by Gasteiger charge is -2.18. The van der Waals surface area contributed by atoms with Crippen LogP contribution in [0.1, 0.15) is 24.0 Å². The van der Waals surface area contributed by atoms with Gasteiger partial charge < -0.3 is 5.32 Å². The summed E-state index contributed by atoms with van der Waals surface area (Å²) in [5, 5.41) is 3.05. The first-order valence-electron chi connectivity index (χ1n) is 6.80. The van der Waals surface area contributed by atoms with Crippen molar-refractivity contribution < 1.29 is 9.18 Å². The van der Waals surface area contributed by atoms with E-state index >= 15 is 0 Å². The molecule has 0 spiro atoms. The largest absolute Gasteiger partial charge is 0.346 e. The number of hydrogen-bond donors (Lipinski definition) is 1. The average Bonchev–Trinajstić information content (AvgIpc) is 3.23. The highest BCUT2D eigenvalue weighted by molar-refractivity contribution is 5.80. The molecular weight excluding hydrogens is 253 g/mol. The third-order valence-corrected chi connectivity index (χ3v) is 3.76. The molecule has 1 fully saturated rings. The van der Waals surface area contributed by atoms with Gasteiger partial charge in [-0.15, -0.1) is 0 Å². The van der Waals surface area contributed by atoms with Gasteiger partial charge in [0.25, 0.3) is 0 Å². The third-order valence-electron chi connectivity index (χ3n) is 3.76. The topological polar surface area (TPSA) is 29.1 Å². The van der Waals surface area contributed by atoms with Gasteiger partial charge in [0.1, 0.15) is 5.82 Å². The van der Waals surface area contributed by atoms with Gasteiger partial charge in [-0.05, 0) is 30.0 Å². The SMILES string of the molecule is O=C(Cc1ccccc1F)NC1(c2ccccc2)CC1. The first-order chi connectivity index (χ1) is 9.70. The molecule has 0 aromatic heterocycles. The van der Waals surface area contributed by atoms with Crippen molar-refractivity contribution in [2.75, 3.05) is 0 Å². The van der Waals surface area contributed by atoms with E-state index in [1.165, 1.54) is 6.07 Å². The first kappa shape index (κ1) is 12.9. The number of amides is 1. The Morgan fingerprint density at radius 1 is 1.05 bits per heavy atom.